The summed E-state index contributed by atoms with van der Waals surface area (Å²) in [6, 6.07) is 7.54. The SMILES string of the molecule is CC(C)(C)OC(=O)N1CC(N)C(c2ccc(Cl)cc2)C1. The number of benzene rings is 1. The fraction of sp³-hybridized carbons (Fsp3) is 0.533. The van der Waals surface area contributed by atoms with Gasteiger partial charge in [0.05, 0.1) is 0 Å². The second kappa shape index (κ2) is 5.62. The largest absolute Gasteiger partial charge is 0.444 e. The molecule has 2 atom stereocenters. The number of amides is 1. The van der Waals surface area contributed by atoms with E-state index in [1.165, 1.54) is 0 Å². The molecule has 0 bridgehead atoms. The molecule has 2 N–H and O–H groups in total. The van der Waals surface area contributed by atoms with Crippen molar-refractivity contribution >= 4 is 17.7 Å². The van der Waals surface area contributed by atoms with Gasteiger partial charge in [0.2, 0.25) is 0 Å². The van der Waals surface area contributed by atoms with Crippen molar-refractivity contribution in [2.24, 2.45) is 5.73 Å². The maximum absolute atomic E-state index is 12.1. The van der Waals surface area contributed by atoms with Crippen LogP contribution in [0.2, 0.25) is 5.02 Å². The van der Waals surface area contributed by atoms with Gasteiger partial charge in [-0.2, -0.15) is 0 Å². The first-order valence-electron chi connectivity index (χ1n) is 6.75. The Morgan fingerprint density at radius 2 is 1.90 bits per heavy atom. The molecule has 2 unspecified atom stereocenters. The lowest BCUT2D eigenvalue weighted by molar-refractivity contribution is 0.0290. The summed E-state index contributed by atoms with van der Waals surface area (Å²) in [6.07, 6.45) is -0.301. The number of nitrogens with two attached hydrogens (primary N) is 1. The first-order valence-corrected chi connectivity index (χ1v) is 7.13. The average Bonchev–Trinajstić information content (AvgIpc) is 2.70. The van der Waals surface area contributed by atoms with Gasteiger partial charge in [-0.15, -0.1) is 0 Å². The third-order valence-electron chi connectivity index (χ3n) is 3.31. The smallest absolute Gasteiger partial charge is 0.410 e. The molecule has 1 aromatic carbocycles. The highest BCUT2D eigenvalue weighted by Crippen LogP contribution is 2.28. The Labute approximate surface area is 124 Å². The van der Waals surface area contributed by atoms with Crippen LogP contribution in [0.4, 0.5) is 4.79 Å². The fourth-order valence-electron chi connectivity index (χ4n) is 2.37. The summed E-state index contributed by atoms with van der Waals surface area (Å²) in [5, 5.41) is 0.698. The van der Waals surface area contributed by atoms with Crippen LogP contribution in [0, 0.1) is 0 Å². The topological polar surface area (TPSA) is 55.6 Å². The molecule has 1 saturated heterocycles. The van der Waals surface area contributed by atoms with Crippen molar-refractivity contribution in [2.75, 3.05) is 13.1 Å². The number of ether oxygens (including phenoxy) is 1. The first kappa shape index (κ1) is 15.1. The van der Waals surface area contributed by atoms with Crippen molar-refractivity contribution in [2.45, 2.75) is 38.3 Å². The molecule has 4 nitrogen and oxygen atoms in total. The van der Waals surface area contributed by atoms with Crippen LogP contribution in [0.5, 0.6) is 0 Å². The summed E-state index contributed by atoms with van der Waals surface area (Å²) < 4.78 is 5.38. The van der Waals surface area contributed by atoms with E-state index in [1.54, 1.807) is 4.90 Å². The van der Waals surface area contributed by atoms with Crippen LogP contribution in [0.15, 0.2) is 24.3 Å². The molecule has 110 valence electrons. The van der Waals surface area contributed by atoms with E-state index in [0.717, 1.165) is 5.56 Å². The van der Waals surface area contributed by atoms with E-state index < -0.39 is 5.60 Å². The third-order valence-corrected chi connectivity index (χ3v) is 3.57. The van der Waals surface area contributed by atoms with Crippen molar-refractivity contribution in [3.8, 4) is 0 Å². The molecule has 0 spiro atoms. The minimum absolute atomic E-state index is 0.0799. The van der Waals surface area contributed by atoms with E-state index in [2.05, 4.69) is 0 Å². The minimum atomic E-state index is -0.487. The van der Waals surface area contributed by atoms with Gasteiger partial charge in [0, 0.05) is 30.1 Å². The summed E-state index contributed by atoms with van der Waals surface area (Å²) in [6.45, 7) is 6.67. The Morgan fingerprint density at radius 1 is 1.30 bits per heavy atom. The van der Waals surface area contributed by atoms with Crippen LogP contribution in [0.3, 0.4) is 0 Å². The molecule has 1 amide bonds. The molecule has 0 radical (unpaired) electrons. The van der Waals surface area contributed by atoms with Crippen molar-refractivity contribution in [3.63, 3.8) is 0 Å². The van der Waals surface area contributed by atoms with E-state index in [0.29, 0.717) is 18.1 Å². The number of hydrogen-bond acceptors (Lipinski definition) is 3. The first-order chi connectivity index (χ1) is 9.26. The Kier molecular flexibility index (Phi) is 4.25. The average molecular weight is 297 g/mol. The summed E-state index contributed by atoms with van der Waals surface area (Å²) in [5.74, 6) is 0.125. The number of rotatable bonds is 1. The molecule has 0 aromatic heterocycles. The van der Waals surface area contributed by atoms with E-state index in [9.17, 15) is 4.79 Å². The molecule has 0 aliphatic carbocycles. The van der Waals surface area contributed by atoms with Crippen LogP contribution < -0.4 is 5.73 Å². The second-order valence-corrected chi connectivity index (χ2v) is 6.64. The van der Waals surface area contributed by atoms with Crippen LogP contribution in [0.1, 0.15) is 32.3 Å². The Hall–Kier alpha value is -1.26. The van der Waals surface area contributed by atoms with Crippen molar-refractivity contribution < 1.29 is 9.53 Å². The minimum Gasteiger partial charge on any atom is -0.444 e. The molecule has 1 fully saturated rings. The zero-order chi connectivity index (χ0) is 14.9. The van der Waals surface area contributed by atoms with Gasteiger partial charge in [0.15, 0.2) is 0 Å². The fourth-order valence-corrected chi connectivity index (χ4v) is 2.49. The van der Waals surface area contributed by atoms with Crippen LogP contribution in [0.25, 0.3) is 0 Å². The standard InChI is InChI=1S/C15H21ClN2O2/c1-15(2,3)20-14(19)18-8-12(13(17)9-18)10-4-6-11(16)7-5-10/h4-7,12-13H,8-9,17H2,1-3H3. The molecular formula is C15H21ClN2O2. The molecule has 20 heavy (non-hydrogen) atoms. The quantitative estimate of drug-likeness (QED) is 0.867. The van der Waals surface area contributed by atoms with Crippen molar-refractivity contribution in [3.05, 3.63) is 34.9 Å². The summed E-state index contributed by atoms with van der Waals surface area (Å²) >= 11 is 5.89. The number of halogens is 1. The maximum Gasteiger partial charge on any atom is 0.410 e. The molecule has 1 aliphatic heterocycles. The van der Waals surface area contributed by atoms with Crippen LogP contribution in [-0.4, -0.2) is 35.7 Å². The van der Waals surface area contributed by atoms with Gasteiger partial charge in [0.25, 0.3) is 0 Å². The number of carbonyl (C=O) groups excluding carboxylic acids is 1. The zero-order valence-electron chi connectivity index (χ0n) is 12.1. The monoisotopic (exact) mass is 296 g/mol. The van der Waals surface area contributed by atoms with Gasteiger partial charge in [-0.3, -0.25) is 0 Å². The number of hydrogen-bond donors (Lipinski definition) is 1. The lowest BCUT2D eigenvalue weighted by Gasteiger charge is -2.24. The number of nitrogens with zero attached hydrogens (tertiary/aromatic N) is 1. The molecular weight excluding hydrogens is 276 g/mol. The molecule has 1 aromatic rings. The number of likely N-dealkylation sites (tertiary alicyclic amines) is 1. The van der Waals surface area contributed by atoms with E-state index in [-0.39, 0.29) is 18.1 Å². The van der Waals surface area contributed by atoms with E-state index in [1.807, 2.05) is 45.0 Å². The number of carbonyl (C=O) groups is 1. The van der Waals surface area contributed by atoms with Gasteiger partial charge < -0.3 is 15.4 Å². The summed E-state index contributed by atoms with van der Waals surface area (Å²) in [5.41, 5.74) is 6.78. The molecule has 1 heterocycles. The van der Waals surface area contributed by atoms with Crippen molar-refractivity contribution in [1.82, 2.24) is 4.90 Å². The van der Waals surface area contributed by atoms with Gasteiger partial charge in [0.1, 0.15) is 5.60 Å². The highest BCUT2D eigenvalue weighted by Gasteiger charge is 2.35. The predicted octanol–water partition coefficient (Wildman–Crippen LogP) is 3.00. The highest BCUT2D eigenvalue weighted by atomic mass is 35.5. The molecule has 2 rings (SSSR count). The van der Waals surface area contributed by atoms with Crippen LogP contribution >= 0.6 is 11.6 Å². The Morgan fingerprint density at radius 3 is 2.45 bits per heavy atom. The second-order valence-electron chi connectivity index (χ2n) is 6.21. The normalized spacial score (nSPS) is 22.9. The summed E-state index contributed by atoms with van der Waals surface area (Å²) in [4.78, 5) is 13.7. The zero-order valence-corrected chi connectivity index (χ0v) is 12.9. The third kappa shape index (κ3) is 3.64. The molecule has 5 heteroatoms. The Balaban J connectivity index is 2.05. The lowest BCUT2D eigenvalue weighted by atomic mass is 9.95. The predicted molar refractivity (Wildman–Crippen MR) is 80.0 cm³/mol. The highest BCUT2D eigenvalue weighted by molar-refractivity contribution is 6.30. The van der Waals surface area contributed by atoms with Crippen LogP contribution in [-0.2, 0) is 4.74 Å². The van der Waals surface area contributed by atoms with Gasteiger partial charge in [-0.1, -0.05) is 23.7 Å². The van der Waals surface area contributed by atoms with Gasteiger partial charge in [-0.05, 0) is 38.5 Å². The maximum atomic E-state index is 12.1. The van der Waals surface area contributed by atoms with Gasteiger partial charge in [-0.25, -0.2) is 4.79 Å². The van der Waals surface area contributed by atoms with Gasteiger partial charge >= 0.3 is 6.09 Å². The lowest BCUT2D eigenvalue weighted by Crippen LogP contribution is -2.36. The molecule has 0 saturated carbocycles. The Bertz CT molecular complexity index is 482. The summed E-state index contributed by atoms with van der Waals surface area (Å²) in [7, 11) is 0. The van der Waals surface area contributed by atoms with Crippen molar-refractivity contribution in [1.29, 1.82) is 0 Å². The van der Waals surface area contributed by atoms with E-state index in [4.69, 9.17) is 22.1 Å². The molecule has 1 aliphatic rings. The van der Waals surface area contributed by atoms with E-state index >= 15 is 0 Å².